The van der Waals surface area contributed by atoms with Crippen LogP contribution >= 0.6 is 0 Å². The summed E-state index contributed by atoms with van der Waals surface area (Å²) in [6.07, 6.45) is -2.42. The Morgan fingerprint density at radius 3 is 2.43 bits per heavy atom. The molecule has 3 aromatic rings. The number of aromatic carboxylic acids is 1. The molecule has 0 bridgehead atoms. The van der Waals surface area contributed by atoms with Crippen molar-refractivity contribution in [1.82, 2.24) is 10.1 Å². The number of alkyl halides is 6. The van der Waals surface area contributed by atoms with Gasteiger partial charge in [-0.25, -0.2) is 14.8 Å². The number of aliphatic imine (C=N–C) groups is 1. The molecule has 0 amide bonds. The summed E-state index contributed by atoms with van der Waals surface area (Å²) in [5.74, 6) is -1.13. The summed E-state index contributed by atoms with van der Waals surface area (Å²) in [6.45, 7) is -0.0636. The molecule has 13 heteroatoms. The molecule has 1 aromatic carbocycles. The molecule has 0 radical (unpaired) electrons. The second-order valence-corrected chi connectivity index (χ2v) is 10.6. The van der Waals surface area contributed by atoms with Gasteiger partial charge in [-0.1, -0.05) is 42.6 Å². The van der Waals surface area contributed by atoms with Crippen molar-refractivity contribution in [2.24, 2.45) is 10.9 Å². The number of pyridine rings is 1. The Bertz CT molecular complexity index is 1460. The van der Waals surface area contributed by atoms with Crippen LogP contribution in [0.5, 0.6) is 0 Å². The quantitative estimate of drug-likeness (QED) is 0.177. The van der Waals surface area contributed by atoms with Crippen LogP contribution in [0, 0.1) is 5.92 Å². The molecule has 2 aliphatic rings. The summed E-state index contributed by atoms with van der Waals surface area (Å²) in [7, 11) is 0. The Balaban J connectivity index is 1.36. The predicted octanol–water partition coefficient (Wildman–Crippen LogP) is 8.22. The van der Waals surface area contributed by atoms with Gasteiger partial charge in [0.05, 0.1) is 29.4 Å². The molecular weight excluding hydrogens is 568 g/mol. The van der Waals surface area contributed by atoms with Crippen LogP contribution in [-0.2, 0) is 23.7 Å². The second-order valence-electron chi connectivity index (χ2n) is 10.6. The number of hydrogen-bond acceptors (Lipinski definition) is 6. The minimum absolute atomic E-state index is 0.0530. The van der Waals surface area contributed by atoms with Crippen molar-refractivity contribution < 1.29 is 45.5 Å². The van der Waals surface area contributed by atoms with Crippen molar-refractivity contribution in [3.8, 4) is 11.3 Å². The highest BCUT2D eigenvalue weighted by molar-refractivity contribution is 5.89. The Hall–Kier alpha value is -3.74. The number of nitrogens with zero attached hydrogens (tertiary/aromatic N) is 3. The number of aromatic nitrogens is 2. The van der Waals surface area contributed by atoms with E-state index in [0.29, 0.717) is 35.9 Å². The van der Waals surface area contributed by atoms with Crippen LogP contribution in [0.3, 0.4) is 0 Å². The van der Waals surface area contributed by atoms with Gasteiger partial charge in [0.15, 0.2) is 5.82 Å². The maximum absolute atomic E-state index is 13.8. The molecule has 0 aliphatic heterocycles. The molecule has 1 atom stereocenters. The van der Waals surface area contributed by atoms with Crippen LogP contribution in [0.2, 0.25) is 0 Å². The van der Waals surface area contributed by atoms with Gasteiger partial charge in [-0.15, -0.1) is 0 Å². The van der Waals surface area contributed by atoms with Crippen molar-refractivity contribution in [1.29, 1.82) is 0 Å². The lowest BCUT2D eigenvalue weighted by Gasteiger charge is -2.29. The molecule has 0 saturated heterocycles. The van der Waals surface area contributed by atoms with E-state index in [4.69, 9.17) is 14.4 Å². The summed E-state index contributed by atoms with van der Waals surface area (Å²) in [5.41, 5.74) is -2.75. The SMILES string of the molecule is O=C(O)c1cnc(N=CC[C@H](CC2CCC2)OCc2c(-c3ccccc3C(F)(F)F)noc2C2CC2)cc1C(F)(F)F. The molecule has 2 heterocycles. The molecule has 42 heavy (non-hydrogen) atoms. The summed E-state index contributed by atoms with van der Waals surface area (Å²) in [4.78, 5) is 18.9. The number of hydrogen-bond donors (Lipinski definition) is 1. The highest BCUT2D eigenvalue weighted by atomic mass is 19.4. The average Bonchev–Trinajstić information content (AvgIpc) is 3.66. The number of halogens is 6. The van der Waals surface area contributed by atoms with E-state index in [1.54, 1.807) is 0 Å². The molecule has 1 N–H and O–H groups in total. The molecule has 2 saturated carbocycles. The number of carbonyl (C=O) groups is 1. The molecule has 2 fully saturated rings. The average molecular weight is 596 g/mol. The number of benzene rings is 1. The van der Waals surface area contributed by atoms with E-state index in [2.05, 4.69) is 15.1 Å². The predicted molar refractivity (Wildman–Crippen MR) is 138 cm³/mol. The largest absolute Gasteiger partial charge is 0.478 e. The number of carboxylic acid groups (broad SMARTS) is 1. The zero-order valence-electron chi connectivity index (χ0n) is 22.2. The van der Waals surface area contributed by atoms with Gasteiger partial charge in [-0.2, -0.15) is 26.3 Å². The van der Waals surface area contributed by atoms with Gasteiger partial charge in [0.1, 0.15) is 11.5 Å². The first-order chi connectivity index (χ1) is 19.9. The van der Waals surface area contributed by atoms with E-state index in [1.807, 2.05) is 0 Å². The maximum atomic E-state index is 13.8. The molecule has 0 spiro atoms. The lowest BCUT2D eigenvalue weighted by atomic mass is 9.81. The van der Waals surface area contributed by atoms with Crippen molar-refractivity contribution >= 4 is 18.0 Å². The van der Waals surface area contributed by atoms with E-state index in [0.717, 1.165) is 38.2 Å². The Labute approximate surface area is 236 Å². The third-order valence-corrected chi connectivity index (χ3v) is 7.56. The molecule has 5 rings (SSSR count). The maximum Gasteiger partial charge on any atom is 0.417 e. The monoisotopic (exact) mass is 595 g/mol. The zero-order chi connectivity index (χ0) is 30.1. The second kappa shape index (κ2) is 11.9. The molecule has 7 nitrogen and oxygen atoms in total. The molecule has 2 aromatic heterocycles. The van der Waals surface area contributed by atoms with Gasteiger partial charge in [-0.05, 0) is 37.3 Å². The van der Waals surface area contributed by atoms with Gasteiger partial charge in [0.25, 0.3) is 0 Å². The van der Waals surface area contributed by atoms with Gasteiger partial charge in [0.2, 0.25) is 0 Å². The highest BCUT2D eigenvalue weighted by Gasteiger charge is 2.38. The standard InChI is InChI=1S/C29H27F6N3O4/c30-28(31,32)22-7-2-1-6-19(22)25-21(26(42-38-25)17-8-9-17)15-41-18(12-16-4-3-5-16)10-11-36-24-13-23(29(33,34)35)20(14-37-24)27(39)40/h1-2,6-7,11,13-14,16-18H,3-5,8-10,12,15H2,(H,39,40)/t18-/m1/s1. The Morgan fingerprint density at radius 1 is 1.10 bits per heavy atom. The van der Waals surface area contributed by atoms with E-state index >= 15 is 0 Å². The fourth-order valence-corrected chi connectivity index (χ4v) is 4.99. The summed E-state index contributed by atoms with van der Waals surface area (Å²) >= 11 is 0. The summed E-state index contributed by atoms with van der Waals surface area (Å²) in [6, 6.07) is 5.71. The first kappa shape index (κ1) is 29.7. The third-order valence-electron chi connectivity index (χ3n) is 7.56. The lowest BCUT2D eigenvalue weighted by Crippen LogP contribution is -2.22. The number of ether oxygens (including phenoxy) is 1. The van der Waals surface area contributed by atoms with Crippen molar-refractivity contribution in [2.75, 3.05) is 0 Å². The Morgan fingerprint density at radius 2 is 1.81 bits per heavy atom. The number of carboxylic acids is 1. The van der Waals surface area contributed by atoms with E-state index < -0.39 is 41.1 Å². The van der Waals surface area contributed by atoms with Crippen LogP contribution in [0.25, 0.3) is 11.3 Å². The zero-order valence-corrected chi connectivity index (χ0v) is 22.2. The minimum Gasteiger partial charge on any atom is -0.478 e. The molecule has 2 aliphatic carbocycles. The molecule has 0 unspecified atom stereocenters. The van der Waals surface area contributed by atoms with Crippen LogP contribution in [0.15, 0.2) is 46.0 Å². The van der Waals surface area contributed by atoms with Gasteiger partial charge in [0, 0.05) is 35.9 Å². The summed E-state index contributed by atoms with van der Waals surface area (Å²) in [5, 5.41) is 13.1. The topological polar surface area (TPSA) is 97.8 Å². The van der Waals surface area contributed by atoms with Gasteiger partial charge < -0.3 is 14.4 Å². The summed E-state index contributed by atoms with van der Waals surface area (Å²) < 4.78 is 93.2. The highest BCUT2D eigenvalue weighted by Crippen LogP contribution is 2.46. The van der Waals surface area contributed by atoms with E-state index in [-0.39, 0.29) is 36.0 Å². The first-order valence-corrected chi connectivity index (χ1v) is 13.5. The lowest BCUT2D eigenvalue weighted by molar-refractivity contribution is -0.138. The fourth-order valence-electron chi connectivity index (χ4n) is 4.99. The minimum atomic E-state index is -4.91. The number of rotatable bonds is 11. The van der Waals surface area contributed by atoms with Gasteiger partial charge >= 0.3 is 18.3 Å². The van der Waals surface area contributed by atoms with E-state index in [9.17, 15) is 31.1 Å². The Kier molecular flexibility index (Phi) is 8.40. The van der Waals surface area contributed by atoms with Gasteiger partial charge in [-0.3, -0.25) is 0 Å². The fraction of sp³-hybridized carbons (Fsp3) is 0.448. The molecule has 224 valence electrons. The smallest absolute Gasteiger partial charge is 0.417 e. The van der Waals surface area contributed by atoms with Crippen LogP contribution in [0.1, 0.15) is 83.7 Å². The van der Waals surface area contributed by atoms with Crippen LogP contribution in [-0.4, -0.2) is 33.5 Å². The first-order valence-electron chi connectivity index (χ1n) is 13.5. The van der Waals surface area contributed by atoms with Crippen molar-refractivity contribution in [3.05, 3.63) is 64.5 Å². The van der Waals surface area contributed by atoms with E-state index in [1.165, 1.54) is 24.4 Å². The van der Waals surface area contributed by atoms with Crippen LogP contribution in [0.4, 0.5) is 32.2 Å². The molecular formula is C29H27F6N3O4. The van der Waals surface area contributed by atoms with Crippen molar-refractivity contribution in [2.45, 2.75) is 75.9 Å². The van der Waals surface area contributed by atoms with Crippen LogP contribution < -0.4 is 0 Å². The normalized spacial score (nSPS) is 17.0. The third kappa shape index (κ3) is 6.83. The van der Waals surface area contributed by atoms with Crippen molar-refractivity contribution in [3.63, 3.8) is 0 Å².